The van der Waals surface area contributed by atoms with Crippen molar-refractivity contribution in [3.05, 3.63) is 65.2 Å². The zero-order chi connectivity index (χ0) is 13.7. The van der Waals surface area contributed by atoms with Crippen molar-refractivity contribution in [1.29, 1.82) is 5.41 Å². The van der Waals surface area contributed by atoms with Gasteiger partial charge in [0.25, 0.3) is 0 Å². The van der Waals surface area contributed by atoms with E-state index in [1.54, 1.807) is 7.11 Å². The summed E-state index contributed by atoms with van der Waals surface area (Å²) in [6.45, 7) is 0. The van der Waals surface area contributed by atoms with Crippen molar-refractivity contribution in [2.45, 2.75) is 12.8 Å². The molecule has 3 nitrogen and oxygen atoms in total. The fourth-order valence-corrected chi connectivity index (χ4v) is 1.98. The molecule has 3 heteroatoms. The molecule has 0 radical (unpaired) electrons. The maximum Gasteiger partial charge on any atom is 0.122 e. The first-order valence-corrected chi connectivity index (χ1v) is 6.25. The highest BCUT2D eigenvalue weighted by Gasteiger charge is 2.00. The molecular formula is C16H18N2O. The van der Waals surface area contributed by atoms with Gasteiger partial charge in [-0.2, -0.15) is 0 Å². The summed E-state index contributed by atoms with van der Waals surface area (Å²) in [4.78, 5) is 0. The van der Waals surface area contributed by atoms with Crippen LogP contribution in [0.2, 0.25) is 0 Å². The SMILES string of the molecule is COc1ccc(CCc2cccc(C(=N)N)c2)cc1. The van der Waals surface area contributed by atoms with E-state index in [9.17, 15) is 0 Å². The van der Waals surface area contributed by atoms with Gasteiger partial charge in [-0.25, -0.2) is 0 Å². The van der Waals surface area contributed by atoms with Crippen LogP contribution in [0.25, 0.3) is 0 Å². The maximum atomic E-state index is 7.44. The zero-order valence-electron chi connectivity index (χ0n) is 11.0. The number of nitrogen functional groups attached to an aromatic ring is 1. The molecular weight excluding hydrogens is 236 g/mol. The third kappa shape index (κ3) is 3.58. The quantitative estimate of drug-likeness (QED) is 0.636. The van der Waals surface area contributed by atoms with Crippen molar-refractivity contribution in [3.8, 4) is 5.75 Å². The minimum atomic E-state index is 0.117. The molecule has 0 bridgehead atoms. The Balaban J connectivity index is 2.01. The lowest BCUT2D eigenvalue weighted by Crippen LogP contribution is -2.11. The summed E-state index contributed by atoms with van der Waals surface area (Å²) in [7, 11) is 1.67. The molecule has 0 saturated heterocycles. The topological polar surface area (TPSA) is 59.1 Å². The van der Waals surface area contributed by atoms with E-state index in [-0.39, 0.29) is 5.84 Å². The van der Waals surface area contributed by atoms with Gasteiger partial charge in [-0.05, 0) is 42.2 Å². The first-order valence-electron chi connectivity index (χ1n) is 6.25. The lowest BCUT2D eigenvalue weighted by Gasteiger charge is -2.05. The van der Waals surface area contributed by atoms with Gasteiger partial charge in [-0.1, -0.05) is 30.3 Å². The Labute approximate surface area is 113 Å². The first kappa shape index (κ1) is 13.1. The Morgan fingerprint density at radius 3 is 2.37 bits per heavy atom. The number of nitrogens with two attached hydrogens (primary N) is 1. The molecule has 0 aromatic heterocycles. The third-order valence-electron chi connectivity index (χ3n) is 3.10. The predicted octanol–water partition coefficient (Wildman–Crippen LogP) is 2.76. The van der Waals surface area contributed by atoms with Crippen LogP contribution in [-0.4, -0.2) is 12.9 Å². The van der Waals surface area contributed by atoms with E-state index in [1.165, 1.54) is 11.1 Å². The van der Waals surface area contributed by atoms with Gasteiger partial charge in [0, 0.05) is 5.56 Å². The van der Waals surface area contributed by atoms with Crippen molar-refractivity contribution in [2.24, 2.45) is 5.73 Å². The molecule has 0 aliphatic carbocycles. The Morgan fingerprint density at radius 1 is 1.05 bits per heavy atom. The van der Waals surface area contributed by atoms with Gasteiger partial charge in [0.05, 0.1) is 7.11 Å². The Hall–Kier alpha value is -2.29. The van der Waals surface area contributed by atoms with Crippen LogP contribution >= 0.6 is 0 Å². The summed E-state index contributed by atoms with van der Waals surface area (Å²) in [6.07, 6.45) is 1.90. The van der Waals surface area contributed by atoms with Gasteiger partial charge in [0.1, 0.15) is 11.6 Å². The third-order valence-corrected chi connectivity index (χ3v) is 3.10. The number of aryl methyl sites for hydroxylation is 2. The van der Waals surface area contributed by atoms with Crippen LogP contribution in [0.4, 0.5) is 0 Å². The standard InChI is InChI=1S/C16H18N2O/c1-19-15-9-7-12(8-10-15)5-6-13-3-2-4-14(11-13)16(17)18/h2-4,7-11H,5-6H2,1H3,(H3,17,18). The van der Waals surface area contributed by atoms with Gasteiger partial charge in [-0.15, -0.1) is 0 Å². The van der Waals surface area contributed by atoms with E-state index in [0.717, 1.165) is 24.2 Å². The Morgan fingerprint density at radius 2 is 1.74 bits per heavy atom. The minimum Gasteiger partial charge on any atom is -0.497 e. The van der Waals surface area contributed by atoms with Crippen molar-refractivity contribution in [1.82, 2.24) is 0 Å². The zero-order valence-corrected chi connectivity index (χ0v) is 11.0. The molecule has 0 aliphatic rings. The van der Waals surface area contributed by atoms with Crippen LogP contribution < -0.4 is 10.5 Å². The Kier molecular flexibility index (Phi) is 4.18. The highest BCUT2D eigenvalue weighted by Crippen LogP contribution is 2.14. The molecule has 2 aromatic carbocycles. The normalized spacial score (nSPS) is 10.2. The first-order chi connectivity index (χ1) is 9.19. The minimum absolute atomic E-state index is 0.117. The smallest absolute Gasteiger partial charge is 0.122 e. The number of hydrogen-bond donors (Lipinski definition) is 2. The van der Waals surface area contributed by atoms with Gasteiger partial charge in [0.15, 0.2) is 0 Å². The predicted molar refractivity (Wildman–Crippen MR) is 77.9 cm³/mol. The number of hydrogen-bond acceptors (Lipinski definition) is 2. The van der Waals surface area contributed by atoms with E-state index in [0.29, 0.717) is 0 Å². The molecule has 3 N–H and O–H groups in total. The van der Waals surface area contributed by atoms with E-state index in [4.69, 9.17) is 15.9 Å². The second-order valence-electron chi connectivity index (χ2n) is 4.46. The van der Waals surface area contributed by atoms with Crippen LogP contribution in [0, 0.1) is 5.41 Å². The van der Waals surface area contributed by atoms with Crippen molar-refractivity contribution in [2.75, 3.05) is 7.11 Å². The summed E-state index contributed by atoms with van der Waals surface area (Å²) in [5.41, 5.74) is 8.75. The van der Waals surface area contributed by atoms with Crippen LogP contribution in [0.1, 0.15) is 16.7 Å². The van der Waals surface area contributed by atoms with Crippen LogP contribution in [0.3, 0.4) is 0 Å². The van der Waals surface area contributed by atoms with Crippen molar-refractivity contribution >= 4 is 5.84 Å². The molecule has 0 spiro atoms. The molecule has 0 fully saturated rings. The molecule has 0 amide bonds. The van der Waals surface area contributed by atoms with E-state index >= 15 is 0 Å². The molecule has 19 heavy (non-hydrogen) atoms. The second-order valence-corrected chi connectivity index (χ2v) is 4.46. The van der Waals surface area contributed by atoms with Crippen LogP contribution in [0.15, 0.2) is 48.5 Å². The summed E-state index contributed by atoms with van der Waals surface area (Å²) in [5, 5.41) is 7.44. The van der Waals surface area contributed by atoms with Gasteiger partial charge in [-0.3, -0.25) is 5.41 Å². The van der Waals surface area contributed by atoms with Gasteiger partial charge >= 0.3 is 0 Å². The van der Waals surface area contributed by atoms with E-state index < -0.39 is 0 Å². The van der Waals surface area contributed by atoms with Crippen molar-refractivity contribution < 1.29 is 4.74 Å². The number of nitrogens with one attached hydrogen (secondary N) is 1. The lowest BCUT2D eigenvalue weighted by molar-refractivity contribution is 0.414. The number of rotatable bonds is 5. The van der Waals surface area contributed by atoms with E-state index in [1.807, 2.05) is 30.3 Å². The highest BCUT2D eigenvalue weighted by atomic mass is 16.5. The molecule has 0 atom stereocenters. The number of benzene rings is 2. The van der Waals surface area contributed by atoms with E-state index in [2.05, 4.69) is 18.2 Å². The summed E-state index contributed by atoms with van der Waals surface area (Å²) < 4.78 is 5.14. The average molecular weight is 254 g/mol. The van der Waals surface area contributed by atoms with Crippen LogP contribution in [0.5, 0.6) is 5.75 Å². The summed E-state index contributed by atoms with van der Waals surface area (Å²) >= 11 is 0. The molecule has 0 aliphatic heterocycles. The molecule has 0 unspecified atom stereocenters. The second kappa shape index (κ2) is 6.05. The monoisotopic (exact) mass is 254 g/mol. The van der Waals surface area contributed by atoms with Crippen molar-refractivity contribution in [3.63, 3.8) is 0 Å². The van der Waals surface area contributed by atoms with Gasteiger partial charge < -0.3 is 10.5 Å². The lowest BCUT2D eigenvalue weighted by atomic mass is 10.0. The number of amidine groups is 1. The molecule has 98 valence electrons. The molecule has 2 aromatic rings. The fraction of sp³-hybridized carbons (Fsp3) is 0.188. The summed E-state index contributed by atoms with van der Waals surface area (Å²) in [6, 6.07) is 15.9. The fourth-order valence-electron chi connectivity index (χ4n) is 1.98. The molecule has 0 heterocycles. The highest BCUT2D eigenvalue weighted by molar-refractivity contribution is 5.95. The average Bonchev–Trinajstić information content (AvgIpc) is 2.46. The maximum absolute atomic E-state index is 7.44. The summed E-state index contributed by atoms with van der Waals surface area (Å²) in [5.74, 6) is 0.994. The van der Waals surface area contributed by atoms with Gasteiger partial charge in [0.2, 0.25) is 0 Å². The molecule has 2 rings (SSSR count). The number of ether oxygens (including phenoxy) is 1. The molecule has 0 saturated carbocycles. The van der Waals surface area contributed by atoms with Crippen LogP contribution in [-0.2, 0) is 12.8 Å². The Bertz CT molecular complexity index is 561. The largest absolute Gasteiger partial charge is 0.497 e. The number of methoxy groups -OCH3 is 1.